The molecule has 0 aromatic carbocycles. The maximum absolute atomic E-state index is 10.8. The lowest BCUT2D eigenvalue weighted by atomic mass is 10.9. The van der Waals surface area contributed by atoms with Gasteiger partial charge in [-0.25, -0.2) is 9.19 Å². The average molecular weight is 223 g/mol. The van der Waals surface area contributed by atoms with Gasteiger partial charge in [-0.1, -0.05) is 11.6 Å². The van der Waals surface area contributed by atoms with E-state index in [4.69, 9.17) is 16.2 Å². The zero-order chi connectivity index (χ0) is 8.72. The molecule has 0 aliphatic carbocycles. The second-order valence-electron chi connectivity index (χ2n) is 2.01. The largest absolute Gasteiger partial charge is 0.301 e. The maximum Gasteiger partial charge on any atom is 0.207 e. The summed E-state index contributed by atoms with van der Waals surface area (Å²) in [5.41, 5.74) is 0. The molecule has 0 aliphatic heterocycles. The number of hydrogen-bond donors (Lipinski definition) is 1. The van der Waals surface area contributed by atoms with Crippen LogP contribution in [-0.4, -0.2) is 18.1 Å². The Bertz CT molecular complexity index is 449. The van der Waals surface area contributed by atoms with E-state index in [2.05, 4.69) is 4.98 Å². The van der Waals surface area contributed by atoms with E-state index in [0.29, 0.717) is 4.96 Å². The van der Waals surface area contributed by atoms with Crippen LogP contribution in [0, 0.1) is 0 Å². The van der Waals surface area contributed by atoms with Crippen LogP contribution in [0.25, 0.3) is 4.96 Å². The third-order valence-corrected chi connectivity index (χ3v) is 3.20. The van der Waals surface area contributed by atoms with Gasteiger partial charge in [0.25, 0.3) is 0 Å². The molecule has 0 bridgehead atoms. The summed E-state index contributed by atoms with van der Waals surface area (Å²) in [4.78, 5) is 4.51. The average Bonchev–Trinajstić information content (AvgIpc) is 2.44. The molecule has 4 nitrogen and oxygen atoms in total. The van der Waals surface area contributed by atoms with Gasteiger partial charge in [0.05, 0.1) is 0 Å². The Morgan fingerprint density at radius 3 is 3.17 bits per heavy atom. The van der Waals surface area contributed by atoms with E-state index in [9.17, 15) is 4.21 Å². The first-order chi connectivity index (χ1) is 5.70. The molecule has 1 atom stereocenters. The number of imidazole rings is 1. The van der Waals surface area contributed by atoms with Crippen LogP contribution in [0.15, 0.2) is 16.6 Å². The van der Waals surface area contributed by atoms with Crippen molar-refractivity contribution in [3.8, 4) is 0 Å². The van der Waals surface area contributed by atoms with Gasteiger partial charge in [0.1, 0.15) is 0 Å². The number of hydrogen-bond acceptors (Lipinski definition) is 3. The fourth-order valence-electron chi connectivity index (χ4n) is 0.895. The zero-order valence-corrected chi connectivity index (χ0v) is 7.99. The normalized spacial score (nSPS) is 13.8. The van der Waals surface area contributed by atoms with Crippen molar-refractivity contribution in [1.82, 2.24) is 9.38 Å². The molecule has 0 saturated heterocycles. The number of aromatic nitrogens is 2. The highest BCUT2D eigenvalue weighted by molar-refractivity contribution is 7.79. The van der Waals surface area contributed by atoms with Crippen molar-refractivity contribution in [2.45, 2.75) is 5.03 Å². The highest BCUT2D eigenvalue weighted by atomic mass is 35.5. The van der Waals surface area contributed by atoms with Crippen molar-refractivity contribution >= 4 is 39.0 Å². The van der Waals surface area contributed by atoms with Crippen LogP contribution in [0.3, 0.4) is 0 Å². The lowest BCUT2D eigenvalue weighted by Gasteiger charge is -1.90. The van der Waals surface area contributed by atoms with E-state index in [1.165, 1.54) is 15.7 Å². The monoisotopic (exact) mass is 222 g/mol. The van der Waals surface area contributed by atoms with Gasteiger partial charge in [-0.2, -0.15) is 0 Å². The van der Waals surface area contributed by atoms with Crippen LogP contribution in [-0.2, 0) is 11.1 Å². The van der Waals surface area contributed by atoms with Gasteiger partial charge in [0.15, 0.2) is 15.1 Å². The van der Waals surface area contributed by atoms with E-state index in [0.717, 1.165) is 0 Å². The molecule has 1 N–H and O–H groups in total. The molecule has 0 amide bonds. The van der Waals surface area contributed by atoms with Crippen LogP contribution in [0.4, 0.5) is 0 Å². The highest BCUT2D eigenvalue weighted by Gasteiger charge is 2.15. The van der Waals surface area contributed by atoms with E-state index in [1.54, 1.807) is 11.6 Å². The minimum absolute atomic E-state index is 0.0858. The SMILES string of the molecule is O=S(O)c1c(Cl)nc2sccn12. The van der Waals surface area contributed by atoms with Crippen LogP contribution < -0.4 is 0 Å². The molecule has 0 fully saturated rings. The van der Waals surface area contributed by atoms with Crippen LogP contribution >= 0.6 is 22.9 Å². The van der Waals surface area contributed by atoms with E-state index >= 15 is 0 Å². The van der Waals surface area contributed by atoms with Crippen molar-refractivity contribution in [1.29, 1.82) is 0 Å². The van der Waals surface area contributed by atoms with Gasteiger partial charge >= 0.3 is 0 Å². The van der Waals surface area contributed by atoms with Gasteiger partial charge in [-0.3, -0.25) is 4.40 Å². The fourth-order valence-corrected chi connectivity index (χ4v) is 2.59. The lowest BCUT2D eigenvalue weighted by molar-refractivity contribution is 0.559. The molecule has 0 saturated carbocycles. The summed E-state index contributed by atoms with van der Waals surface area (Å²) in [6.07, 6.45) is 1.66. The topological polar surface area (TPSA) is 54.6 Å². The zero-order valence-electron chi connectivity index (χ0n) is 5.60. The molecule has 2 aromatic rings. The van der Waals surface area contributed by atoms with Crippen molar-refractivity contribution < 1.29 is 8.76 Å². The van der Waals surface area contributed by atoms with Gasteiger partial charge in [0, 0.05) is 11.6 Å². The molecule has 0 aliphatic rings. The standard InChI is InChI=1S/C5H3ClN2O2S2/c6-3-4(12(9)10)8-1-2-11-5(8)7-3/h1-2H,(H,9,10). The predicted molar refractivity (Wildman–Crippen MR) is 47.1 cm³/mol. The first-order valence-electron chi connectivity index (χ1n) is 2.92. The Morgan fingerprint density at radius 1 is 1.75 bits per heavy atom. The second kappa shape index (κ2) is 2.81. The smallest absolute Gasteiger partial charge is 0.207 e. The summed E-state index contributed by atoms with van der Waals surface area (Å²) in [7, 11) is 0. The number of halogens is 1. The Balaban J connectivity index is 2.84. The molecular formula is C5H3ClN2O2S2. The van der Waals surface area contributed by atoms with Crippen molar-refractivity contribution in [2.24, 2.45) is 0 Å². The fraction of sp³-hybridized carbons (Fsp3) is 0. The Morgan fingerprint density at radius 2 is 2.50 bits per heavy atom. The second-order valence-corrected chi connectivity index (χ2v) is 4.13. The van der Waals surface area contributed by atoms with E-state index in [1.807, 2.05) is 0 Å². The number of rotatable bonds is 1. The van der Waals surface area contributed by atoms with Crippen LogP contribution in [0.1, 0.15) is 0 Å². The minimum Gasteiger partial charge on any atom is -0.301 e. The summed E-state index contributed by atoms with van der Waals surface area (Å²) in [6.45, 7) is 0. The van der Waals surface area contributed by atoms with Crippen molar-refractivity contribution in [2.75, 3.05) is 0 Å². The highest BCUT2D eigenvalue weighted by Crippen LogP contribution is 2.23. The molecule has 7 heteroatoms. The lowest BCUT2D eigenvalue weighted by Crippen LogP contribution is -1.92. The Hall–Kier alpha value is -0.430. The first-order valence-corrected chi connectivity index (χ1v) is 5.28. The summed E-state index contributed by atoms with van der Waals surface area (Å²) < 4.78 is 21.1. The third-order valence-electron chi connectivity index (χ3n) is 1.34. The summed E-state index contributed by atoms with van der Waals surface area (Å²) >= 11 is 4.90. The quantitative estimate of drug-likeness (QED) is 0.747. The Kier molecular flexibility index (Phi) is 1.91. The van der Waals surface area contributed by atoms with Gasteiger partial charge in [0.2, 0.25) is 11.1 Å². The molecule has 2 rings (SSSR count). The number of fused-ring (bicyclic) bond motifs is 1. The van der Waals surface area contributed by atoms with E-state index in [-0.39, 0.29) is 10.2 Å². The van der Waals surface area contributed by atoms with Crippen molar-refractivity contribution in [3.63, 3.8) is 0 Å². The third kappa shape index (κ3) is 1.08. The Labute approximate surface area is 79.1 Å². The van der Waals surface area contributed by atoms with Crippen LogP contribution in [0.2, 0.25) is 5.15 Å². The molecule has 1 unspecified atom stereocenters. The summed E-state index contributed by atoms with van der Waals surface area (Å²) in [5, 5.41) is 1.99. The molecular weight excluding hydrogens is 220 g/mol. The molecule has 64 valence electrons. The summed E-state index contributed by atoms with van der Waals surface area (Å²) in [5.74, 6) is 0. The molecule has 2 heterocycles. The maximum atomic E-state index is 10.8. The number of nitrogens with zero attached hydrogens (tertiary/aromatic N) is 2. The molecule has 0 spiro atoms. The predicted octanol–water partition coefficient (Wildman–Crippen LogP) is 1.63. The minimum atomic E-state index is -2.09. The van der Waals surface area contributed by atoms with Gasteiger partial charge in [-0.15, -0.1) is 11.3 Å². The van der Waals surface area contributed by atoms with Crippen LogP contribution in [0.5, 0.6) is 0 Å². The molecule has 2 aromatic heterocycles. The molecule has 0 radical (unpaired) electrons. The van der Waals surface area contributed by atoms with Gasteiger partial charge in [-0.05, 0) is 0 Å². The number of thiazole rings is 1. The van der Waals surface area contributed by atoms with E-state index < -0.39 is 11.1 Å². The summed E-state index contributed by atoms with van der Waals surface area (Å²) in [6, 6.07) is 0. The van der Waals surface area contributed by atoms with Crippen molar-refractivity contribution in [3.05, 3.63) is 16.7 Å². The molecule has 12 heavy (non-hydrogen) atoms. The van der Waals surface area contributed by atoms with Gasteiger partial charge < -0.3 is 4.55 Å². The first kappa shape index (κ1) is 8.18.